The average Bonchev–Trinajstić information content (AvgIpc) is 2.68. The fourth-order valence-electron chi connectivity index (χ4n) is 3.51. The van der Waals surface area contributed by atoms with E-state index in [4.69, 9.17) is 9.84 Å². The van der Waals surface area contributed by atoms with Crippen LogP contribution < -0.4 is 0 Å². The number of carboxylic acids is 1. The zero-order valence-electron chi connectivity index (χ0n) is 19.6. The third-order valence-corrected chi connectivity index (χ3v) is 5.46. The number of hydrogen-bond donors (Lipinski definition) is 1. The number of aliphatic carboxylic acids is 1. The molecule has 1 atom stereocenters. The van der Waals surface area contributed by atoms with Crippen LogP contribution in [0.5, 0.6) is 0 Å². The smallest absolute Gasteiger partial charge is 0.331 e. The van der Waals surface area contributed by atoms with Gasteiger partial charge in [-0.05, 0) is 20.5 Å². The van der Waals surface area contributed by atoms with Crippen molar-refractivity contribution in [2.24, 2.45) is 0 Å². The molecule has 0 fully saturated rings. The third kappa shape index (κ3) is 17.4. The summed E-state index contributed by atoms with van der Waals surface area (Å²) >= 11 is 0. The van der Waals surface area contributed by atoms with Gasteiger partial charge >= 0.3 is 17.9 Å². The Kier molecular flexibility index (Phi) is 18.6. The van der Waals surface area contributed by atoms with Gasteiger partial charge < -0.3 is 9.84 Å². The molecular weight excluding hydrogens is 382 g/mol. The Morgan fingerprint density at radius 1 is 0.733 bits per heavy atom. The summed E-state index contributed by atoms with van der Waals surface area (Å²) in [7, 11) is 3.18. The highest BCUT2D eigenvalue weighted by Gasteiger charge is 2.27. The number of carbonyl (C=O) groups is 3. The van der Waals surface area contributed by atoms with Crippen LogP contribution in [0, 0.1) is 0 Å². The fraction of sp³-hybridized carbons (Fsp3) is 0.875. The van der Waals surface area contributed by atoms with Gasteiger partial charge in [0.2, 0.25) is 0 Å². The number of carboxylic acid groups (broad SMARTS) is 1. The predicted molar refractivity (Wildman–Crippen MR) is 120 cm³/mol. The number of likely N-dealkylation sites (N-methyl/N-ethyl adjacent to an activating group) is 1. The van der Waals surface area contributed by atoms with Crippen LogP contribution in [0.2, 0.25) is 0 Å². The van der Waals surface area contributed by atoms with E-state index in [1.165, 1.54) is 81.9 Å². The molecular formula is C24H45NO5. The van der Waals surface area contributed by atoms with E-state index in [9.17, 15) is 14.4 Å². The average molecular weight is 428 g/mol. The molecule has 0 aromatic rings. The molecule has 176 valence electrons. The second-order valence-electron chi connectivity index (χ2n) is 8.57. The van der Waals surface area contributed by atoms with Gasteiger partial charge in [0.15, 0.2) is 0 Å². The second kappa shape index (κ2) is 19.5. The monoisotopic (exact) mass is 427 g/mol. The van der Waals surface area contributed by atoms with Gasteiger partial charge in [-0.1, -0.05) is 96.8 Å². The molecule has 0 aromatic carbocycles. The maximum Gasteiger partial charge on any atom is 0.331 e. The lowest BCUT2D eigenvalue weighted by Gasteiger charge is -2.20. The van der Waals surface area contributed by atoms with Crippen molar-refractivity contribution in [1.29, 1.82) is 0 Å². The van der Waals surface area contributed by atoms with E-state index in [0.29, 0.717) is 6.42 Å². The van der Waals surface area contributed by atoms with Gasteiger partial charge in [-0.15, -0.1) is 0 Å². The van der Waals surface area contributed by atoms with Crippen molar-refractivity contribution in [2.75, 3.05) is 14.1 Å². The van der Waals surface area contributed by atoms with E-state index in [-0.39, 0.29) is 12.8 Å². The van der Waals surface area contributed by atoms with Crippen LogP contribution in [0.4, 0.5) is 0 Å². The Bertz CT molecular complexity index is 465. The Hall–Kier alpha value is -1.43. The van der Waals surface area contributed by atoms with Gasteiger partial charge in [-0.3, -0.25) is 14.5 Å². The number of ether oxygens (including phenoxy) is 1. The first kappa shape index (κ1) is 28.6. The van der Waals surface area contributed by atoms with E-state index in [0.717, 1.165) is 12.8 Å². The lowest BCUT2D eigenvalue weighted by Crippen LogP contribution is -2.39. The summed E-state index contributed by atoms with van der Waals surface area (Å²) in [5.74, 6) is -2.44. The van der Waals surface area contributed by atoms with E-state index < -0.39 is 23.9 Å². The molecule has 0 aliphatic rings. The molecule has 0 radical (unpaired) electrons. The maximum absolute atomic E-state index is 11.9. The molecule has 0 bridgehead atoms. The Labute approximate surface area is 183 Å². The van der Waals surface area contributed by atoms with Crippen LogP contribution in [-0.2, 0) is 19.1 Å². The van der Waals surface area contributed by atoms with Crippen molar-refractivity contribution in [3.8, 4) is 0 Å². The molecule has 0 saturated heterocycles. The van der Waals surface area contributed by atoms with Gasteiger partial charge in [0.05, 0.1) is 6.42 Å². The lowest BCUT2D eigenvalue weighted by atomic mass is 10.0. The fourth-order valence-corrected chi connectivity index (χ4v) is 3.51. The Balaban J connectivity index is 3.54. The van der Waals surface area contributed by atoms with Crippen LogP contribution in [0.1, 0.15) is 116 Å². The molecule has 0 spiro atoms. The minimum absolute atomic E-state index is 0.206. The third-order valence-electron chi connectivity index (χ3n) is 5.46. The SMILES string of the molecule is CCCCCCCCCCCCCCCCCC(=O)OC(=O)[C@H](CC(=O)O)N(C)C. The molecule has 1 N–H and O–H groups in total. The number of nitrogens with zero attached hydrogens (tertiary/aromatic N) is 1. The highest BCUT2D eigenvalue weighted by atomic mass is 16.6. The molecule has 0 amide bonds. The summed E-state index contributed by atoms with van der Waals surface area (Å²) < 4.78 is 4.81. The molecule has 6 nitrogen and oxygen atoms in total. The van der Waals surface area contributed by atoms with Crippen molar-refractivity contribution in [1.82, 2.24) is 4.90 Å². The minimum Gasteiger partial charge on any atom is -0.481 e. The molecule has 0 heterocycles. The number of unbranched alkanes of at least 4 members (excludes halogenated alkanes) is 14. The predicted octanol–water partition coefficient (Wildman–Crippen LogP) is 5.72. The summed E-state index contributed by atoms with van der Waals surface area (Å²) in [5.41, 5.74) is 0. The Morgan fingerprint density at radius 3 is 1.50 bits per heavy atom. The lowest BCUT2D eigenvalue weighted by molar-refractivity contribution is -0.165. The first-order valence-corrected chi connectivity index (χ1v) is 12.0. The number of hydrogen-bond acceptors (Lipinski definition) is 5. The van der Waals surface area contributed by atoms with Gasteiger partial charge in [0.1, 0.15) is 6.04 Å². The first-order valence-electron chi connectivity index (χ1n) is 12.0. The topological polar surface area (TPSA) is 83.9 Å². The highest BCUT2D eigenvalue weighted by molar-refractivity contribution is 5.90. The molecule has 0 rings (SSSR count). The molecule has 0 aliphatic carbocycles. The molecule has 0 saturated carbocycles. The van der Waals surface area contributed by atoms with Crippen molar-refractivity contribution < 1.29 is 24.2 Å². The largest absolute Gasteiger partial charge is 0.481 e. The zero-order valence-corrected chi connectivity index (χ0v) is 19.6. The molecule has 6 heteroatoms. The van der Waals surface area contributed by atoms with Crippen LogP contribution in [0.25, 0.3) is 0 Å². The molecule has 0 aromatic heterocycles. The zero-order chi connectivity index (χ0) is 22.6. The van der Waals surface area contributed by atoms with Gasteiger partial charge in [0, 0.05) is 6.42 Å². The quantitative estimate of drug-likeness (QED) is 0.152. The van der Waals surface area contributed by atoms with Crippen molar-refractivity contribution in [2.45, 2.75) is 122 Å². The normalized spacial score (nSPS) is 12.1. The summed E-state index contributed by atoms with van der Waals surface area (Å²) in [5, 5.41) is 8.85. The molecule has 0 aliphatic heterocycles. The number of carbonyl (C=O) groups excluding carboxylic acids is 2. The van der Waals surface area contributed by atoms with Crippen LogP contribution in [0.15, 0.2) is 0 Å². The second-order valence-corrected chi connectivity index (χ2v) is 8.57. The van der Waals surface area contributed by atoms with Gasteiger partial charge in [-0.25, -0.2) is 4.79 Å². The van der Waals surface area contributed by atoms with Gasteiger partial charge in [0.25, 0.3) is 0 Å². The summed E-state index contributed by atoms with van der Waals surface area (Å²) in [6.07, 6.45) is 18.6. The Morgan fingerprint density at radius 2 is 1.13 bits per heavy atom. The van der Waals surface area contributed by atoms with Crippen molar-refractivity contribution >= 4 is 17.9 Å². The van der Waals surface area contributed by atoms with E-state index in [2.05, 4.69) is 6.92 Å². The highest BCUT2D eigenvalue weighted by Crippen LogP contribution is 2.14. The number of rotatable bonds is 20. The minimum atomic E-state index is -1.10. The standard InChI is InChI=1S/C24H45NO5/c1-4-5-6-7-8-9-10-11-12-13-14-15-16-17-18-19-23(28)30-24(29)21(25(2)3)20-22(26)27/h21H,4-20H2,1-3H3,(H,26,27)/t21-/m0/s1. The van der Waals surface area contributed by atoms with Crippen LogP contribution >= 0.6 is 0 Å². The summed E-state index contributed by atoms with van der Waals surface area (Å²) in [6, 6.07) is -0.937. The molecule has 30 heavy (non-hydrogen) atoms. The van der Waals surface area contributed by atoms with Crippen LogP contribution in [-0.4, -0.2) is 48.1 Å². The van der Waals surface area contributed by atoms with E-state index in [1.807, 2.05) is 0 Å². The van der Waals surface area contributed by atoms with E-state index >= 15 is 0 Å². The summed E-state index contributed by atoms with van der Waals surface area (Å²) in [6.45, 7) is 2.25. The maximum atomic E-state index is 11.9. The van der Waals surface area contributed by atoms with Gasteiger partial charge in [-0.2, -0.15) is 0 Å². The van der Waals surface area contributed by atoms with E-state index in [1.54, 1.807) is 14.1 Å². The number of esters is 2. The first-order chi connectivity index (χ1) is 14.4. The summed E-state index contributed by atoms with van der Waals surface area (Å²) in [4.78, 5) is 36.0. The molecule has 0 unspecified atom stereocenters. The van der Waals surface area contributed by atoms with Crippen molar-refractivity contribution in [3.05, 3.63) is 0 Å². The van der Waals surface area contributed by atoms with Crippen LogP contribution in [0.3, 0.4) is 0 Å². The van der Waals surface area contributed by atoms with Crippen molar-refractivity contribution in [3.63, 3.8) is 0 Å².